The van der Waals surface area contributed by atoms with Gasteiger partial charge in [-0.2, -0.15) is 5.26 Å². The van der Waals surface area contributed by atoms with Gasteiger partial charge in [0.05, 0.1) is 6.07 Å². The van der Waals surface area contributed by atoms with Gasteiger partial charge in [-0.05, 0) is 20.3 Å². The molecule has 0 spiro atoms. The predicted octanol–water partition coefficient (Wildman–Crippen LogP) is 0.957. The fraction of sp³-hybridized carbons (Fsp3) is 0.750. The highest BCUT2D eigenvalue weighted by Gasteiger charge is 2.16. The van der Waals surface area contributed by atoms with Crippen LogP contribution in [0.1, 0.15) is 40.0 Å². The maximum Gasteiger partial charge on any atom is 0.237 e. The average molecular weight is 239 g/mol. The fourth-order valence-electron chi connectivity index (χ4n) is 1.36. The maximum atomic E-state index is 11.5. The van der Waals surface area contributed by atoms with Gasteiger partial charge in [0.2, 0.25) is 11.8 Å². The van der Waals surface area contributed by atoms with E-state index in [2.05, 4.69) is 10.6 Å². The second-order valence-electron chi connectivity index (χ2n) is 4.23. The Bertz CT molecular complexity index is 295. The Kier molecular flexibility index (Phi) is 7.78. The highest BCUT2D eigenvalue weighted by atomic mass is 16.2. The first kappa shape index (κ1) is 15.4. The first-order valence-corrected chi connectivity index (χ1v) is 5.98. The summed E-state index contributed by atoms with van der Waals surface area (Å²) < 4.78 is 0. The molecule has 0 heterocycles. The molecular formula is C12H21N3O2. The summed E-state index contributed by atoms with van der Waals surface area (Å²) in [6.07, 6.45) is 1.59. The zero-order valence-corrected chi connectivity index (χ0v) is 10.7. The summed E-state index contributed by atoms with van der Waals surface area (Å²) in [5.41, 5.74) is 0. The van der Waals surface area contributed by atoms with Gasteiger partial charge in [-0.15, -0.1) is 0 Å². The zero-order chi connectivity index (χ0) is 13.3. The van der Waals surface area contributed by atoms with E-state index < -0.39 is 5.92 Å². The molecule has 0 saturated carbocycles. The highest BCUT2D eigenvalue weighted by Crippen LogP contribution is 2.04. The SMILES string of the molecule is CCCC(C#N)C(=O)NCCC(=O)NC(C)C. The highest BCUT2D eigenvalue weighted by molar-refractivity contribution is 5.82. The van der Waals surface area contributed by atoms with Crippen LogP contribution in [0.25, 0.3) is 0 Å². The van der Waals surface area contributed by atoms with Gasteiger partial charge < -0.3 is 10.6 Å². The lowest BCUT2D eigenvalue weighted by Crippen LogP contribution is -2.36. The van der Waals surface area contributed by atoms with Crippen molar-refractivity contribution < 1.29 is 9.59 Å². The van der Waals surface area contributed by atoms with Gasteiger partial charge in [0.1, 0.15) is 5.92 Å². The minimum absolute atomic E-state index is 0.0932. The lowest BCUT2D eigenvalue weighted by molar-refractivity contribution is -0.124. The van der Waals surface area contributed by atoms with Crippen molar-refractivity contribution in [1.29, 1.82) is 5.26 Å². The second-order valence-corrected chi connectivity index (χ2v) is 4.23. The molecule has 0 saturated heterocycles. The van der Waals surface area contributed by atoms with Crippen molar-refractivity contribution in [3.63, 3.8) is 0 Å². The number of nitrogens with zero attached hydrogens (tertiary/aromatic N) is 1. The van der Waals surface area contributed by atoms with E-state index in [4.69, 9.17) is 5.26 Å². The maximum absolute atomic E-state index is 11.5. The van der Waals surface area contributed by atoms with Gasteiger partial charge >= 0.3 is 0 Å². The Balaban J connectivity index is 3.85. The number of carbonyl (C=O) groups excluding carboxylic acids is 2. The quantitative estimate of drug-likeness (QED) is 0.694. The summed E-state index contributed by atoms with van der Waals surface area (Å²) in [4.78, 5) is 22.8. The molecule has 1 unspecified atom stereocenters. The Morgan fingerprint density at radius 1 is 1.35 bits per heavy atom. The van der Waals surface area contributed by atoms with Gasteiger partial charge in [0.25, 0.3) is 0 Å². The van der Waals surface area contributed by atoms with Gasteiger partial charge in [0.15, 0.2) is 0 Å². The number of nitrogens with one attached hydrogen (secondary N) is 2. The van der Waals surface area contributed by atoms with Crippen LogP contribution in [0.15, 0.2) is 0 Å². The van der Waals surface area contributed by atoms with E-state index in [1.54, 1.807) is 0 Å². The molecule has 0 radical (unpaired) electrons. The molecule has 0 rings (SSSR count). The third kappa shape index (κ3) is 7.34. The Morgan fingerprint density at radius 3 is 2.47 bits per heavy atom. The Labute approximate surface area is 103 Å². The molecule has 17 heavy (non-hydrogen) atoms. The van der Waals surface area contributed by atoms with Gasteiger partial charge in [0, 0.05) is 19.0 Å². The number of carbonyl (C=O) groups is 2. The third-order valence-electron chi connectivity index (χ3n) is 2.15. The van der Waals surface area contributed by atoms with Crippen molar-refractivity contribution >= 4 is 11.8 Å². The van der Waals surface area contributed by atoms with E-state index in [0.29, 0.717) is 6.42 Å². The minimum Gasteiger partial charge on any atom is -0.354 e. The van der Waals surface area contributed by atoms with E-state index in [1.165, 1.54) is 0 Å². The van der Waals surface area contributed by atoms with Gasteiger partial charge in [-0.3, -0.25) is 9.59 Å². The fourth-order valence-corrected chi connectivity index (χ4v) is 1.36. The molecular weight excluding hydrogens is 218 g/mol. The normalized spacial score (nSPS) is 11.7. The van der Waals surface area contributed by atoms with Crippen LogP contribution in [0, 0.1) is 17.2 Å². The summed E-state index contributed by atoms with van der Waals surface area (Å²) in [6, 6.07) is 2.06. The van der Waals surface area contributed by atoms with E-state index in [-0.39, 0.29) is 30.8 Å². The van der Waals surface area contributed by atoms with Crippen molar-refractivity contribution in [3.8, 4) is 6.07 Å². The van der Waals surface area contributed by atoms with Crippen molar-refractivity contribution in [2.24, 2.45) is 5.92 Å². The number of nitriles is 1. The lowest BCUT2D eigenvalue weighted by Gasteiger charge is -2.10. The average Bonchev–Trinajstić information content (AvgIpc) is 2.24. The van der Waals surface area contributed by atoms with E-state index >= 15 is 0 Å². The van der Waals surface area contributed by atoms with Crippen molar-refractivity contribution in [3.05, 3.63) is 0 Å². The molecule has 0 aromatic rings. The molecule has 2 amide bonds. The number of amides is 2. The number of rotatable bonds is 7. The molecule has 0 aliphatic heterocycles. The van der Waals surface area contributed by atoms with E-state index in [9.17, 15) is 9.59 Å². The zero-order valence-electron chi connectivity index (χ0n) is 10.7. The molecule has 0 aromatic carbocycles. The summed E-state index contributed by atoms with van der Waals surface area (Å²) in [5, 5.41) is 14.1. The molecule has 0 fully saturated rings. The first-order valence-electron chi connectivity index (χ1n) is 5.98. The largest absolute Gasteiger partial charge is 0.354 e. The number of hydrogen-bond donors (Lipinski definition) is 2. The molecule has 2 N–H and O–H groups in total. The second kappa shape index (κ2) is 8.57. The van der Waals surface area contributed by atoms with Crippen LogP contribution >= 0.6 is 0 Å². The molecule has 5 nitrogen and oxygen atoms in total. The van der Waals surface area contributed by atoms with Crippen LogP contribution < -0.4 is 10.6 Å². The van der Waals surface area contributed by atoms with Crippen LogP contribution in [-0.2, 0) is 9.59 Å². The minimum atomic E-state index is -0.604. The summed E-state index contributed by atoms with van der Waals surface area (Å²) in [7, 11) is 0. The molecule has 0 aromatic heterocycles. The van der Waals surface area contributed by atoms with Crippen LogP contribution in [-0.4, -0.2) is 24.4 Å². The smallest absolute Gasteiger partial charge is 0.237 e. The lowest BCUT2D eigenvalue weighted by atomic mass is 10.1. The van der Waals surface area contributed by atoms with Crippen LogP contribution in [0.5, 0.6) is 0 Å². The van der Waals surface area contributed by atoms with Crippen molar-refractivity contribution in [2.45, 2.75) is 46.1 Å². The molecule has 0 aliphatic rings. The summed E-state index contributed by atoms with van der Waals surface area (Å²) >= 11 is 0. The first-order chi connectivity index (χ1) is 8.01. The van der Waals surface area contributed by atoms with Gasteiger partial charge in [-0.25, -0.2) is 0 Å². The molecule has 1 atom stereocenters. The predicted molar refractivity (Wildman–Crippen MR) is 64.9 cm³/mol. The van der Waals surface area contributed by atoms with Crippen molar-refractivity contribution in [1.82, 2.24) is 10.6 Å². The molecule has 96 valence electrons. The molecule has 0 bridgehead atoms. The van der Waals surface area contributed by atoms with Crippen LogP contribution in [0.2, 0.25) is 0 Å². The standard InChI is InChI=1S/C12H21N3O2/c1-4-5-10(8-13)12(17)14-7-6-11(16)15-9(2)3/h9-10H,4-7H2,1-3H3,(H,14,17)(H,15,16). The Hall–Kier alpha value is -1.57. The van der Waals surface area contributed by atoms with Crippen LogP contribution in [0.3, 0.4) is 0 Å². The molecule has 0 aliphatic carbocycles. The Morgan fingerprint density at radius 2 is 2.00 bits per heavy atom. The summed E-state index contributed by atoms with van der Waals surface area (Å²) in [6.45, 7) is 5.96. The summed E-state index contributed by atoms with van der Waals surface area (Å²) in [5.74, 6) is -0.982. The third-order valence-corrected chi connectivity index (χ3v) is 2.15. The van der Waals surface area contributed by atoms with Crippen LogP contribution in [0.4, 0.5) is 0 Å². The van der Waals surface area contributed by atoms with Gasteiger partial charge in [-0.1, -0.05) is 13.3 Å². The number of hydrogen-bond acceptors (Lipinski definition) is 3. The topological polar surface area (TPSA) is 82.0 Å². The van der Waals surface area contributed by atoms with E-state index in [0.717, 1.165) is 6.42 Å². The molecule has 5 heteroatoms. The van der Waals surface area contributed by atoms with Crippen molar-refractivity contribution in [2.75, 3.05) is 6.54 Å². The van der Waals surface area contributed by atoms with E-state index in [1.807, 2.05) is 26.8 Å². The monoisotopic (exact) mass is 239 g/mol.